The van der Waals surface area contributed by atoms with E-state index < -0.39 is 12.8 Å². The van der Waals surface area contributed by atoms with Crippen LogP contribution in [0.25, 0.3) is 0 Å². The molecule has 29 heavy (non-hydrogen) atoms. The third-order valence-corrected chi connectivity index (χ3v) is 5.53. The van der Waals surface area contributed by atoms with Gasteiger partial charge in [0, 0.05) is 37.7 Å². The van der Waals surface area contributed by atoms with E-state index in [0.29, 0.717) is 37.1 Å². The number of hydrogen-bond donors (Lipinski definition) is 0. The molecular formula is C21H27F3N2O3. The van der Waals surface area contributed by atoms with E-state index in [2.05, 4.69) is 4.74 Å². The fourth-order valence-corrected chi connectivity index (χ4v) is 3.91. The molecule has 8 heteroatoms. The summed E-state index contributed by atoms with van der Waals surface area (Å²) in [6.07, 6.45) is 0.316. The zero-order valence-electron chi connectivity index (χ0n) is 16.4. The topological polar surface area (TPSA) is 49.9 Å². The Kier molecular flexibility index (Phi) is 7.16. The number of carbonyl (C=O) groups is 2. The number of piperidine rings is 2. The second kappa shape index (κ2) is 9.61. The van der Waals surface area contributed by atoms with E-state index in [1.54, 1.807) is 29.2 Å². The van der Waals surface area contributed by atoms with E-state index in [4.69, 9.17) is 0 Å². The van der Waals surface area contributed by atoms with Crippen LogP contribution in [0.2, 0.25) is 0 Å². The monoisotopic (exact) mass is 412 g/mol. The summed E-state index contributed by atoms with van der Waals surface area (Å²) in [6.45, 7) is 1.32. The Bertz CT molecular complexity index is 692. The van der Waals surface area contributed by atoms with Gasteiger partial charge in [0.15, 0.2) is 0 Å². The number of rotatable bonds is 5. The van der Waals surface area contributed by atoms with Crippen LogP contribution in [0.4, 0.5) is 13.2 Å². The molecule has 2 saturated heterocycles. The molecule has 0 aromatic heterocycles. The maximum atomic E-state index is 12.7. The molecule has 2 fully saturated rings. The summed E-state index contributed by atoms with van der Waals surface area (Å²) < 4.78 is 41.0. The molecule has 2 aliphatic rings. The fourth-order valence-electron chi connectivity index (χ4n) is 3.91. The van der Waals surface area contributed by atoms with Crippen LogP contribution in [-0.2, 0) is 16.1 Å². The number of alkyl halides is 3. The minimum absolute atomic E-state index is 0.00897. The number of likely N-dealkylation sites (tertiary alicyclic amines) is 2. The molecule has 0 N–H and O–H groups in total. The molecule has 0 atom stereocenters. The van der Waals surface area contributed by atoms with Crippen molar-refractivity contribution in [3.8, 4) is 0 Å². The SMILES string of the molecule is O=C(c1ccc(COCC(F)(F)F)cc1)N1CCC(C(=O)N2CCCCC2)CC1. The van der Waals surface area contributed by atoms with E-state index in [-0.39, 0.29) is 24.3 Å². The van der Waals surface area contributed by atoms with E-state index in [1.165, 1.54) is 6.42 Å². The highest BCUT2D eigenvalue weighted by Gasteiger charge is 2.31. The van der Waals surface area contributed by atoms with Gasteiger partial charge in [-0.2, -0.15) is 13.2 Å². The molecule has 0 spiro atoms. The molecule has 1 aromatic carbocycles. The Morgan fingerprint density at radius 2 is 1.55 bits per heavy atom. The highest BCUT2D eigenvalue weighted by atomic mass is 19.4. The summed E-state index contributed by atoms with van der Waals surface area (Å²) in [5, 5.41) is 0. The first-order valence-corrected chi connectivity index (χ1v) is 10.1. The van der Waals surface area contributed by atoms with Gasteiger partial charge in [-0.3, -0.25) is 9.59 Å². The van der Waals surface area contributed by atoms with Crippen LogP contribution < -0.4 is 0 Å². The van der Waals surface area contributed by atoms with Crippen molar-refractivity contribution >= 4 is 11.8 Å². The molecule has 2 heterocycles. The first kappa shape index (κ1) is 21.6. The molecule has 0 aliphatic carbocycles. The molecule has 3 rings (SSSR count). The predicted octanol–water partition coefficient (Wildman–Crippen LogP) is 3.63. The lowest BCUT2D eigenvalue weighted by Gasteiger charge is -2.35. The zero-order chi connectivity index (χ0) is 20.9. The Hall–Kier alpha value is -2.09. The van der Waals surface area contributed by atoms with Crippen molar-refractivity contribution in [2.75, 3.05) is 32.8 Å². The molecule has 2 amide bonds. The largest absolute Gasteiger partial charge is 0.411 e. The lowest BCUT2D eigenvalue weighted by molar-refractivity contribution is -0.176. The maximum Gasteiger partial charge on any atom is 0.411 e. The summed E-state index contributed by atoms with van der Waals surface area (Å²) in [7, 11) is 0. The van der Waals surface area contributed by atoms with Crippen LogP contribution in [0.3, 0.4) is 0 Å². The first-order valence-electron chi connectivity index (χ1n) is 10.1. The second-order valence-corrected chi connectivity index (χ2v) is 7.76. The summed E-state index contributed by atoms with van der Waals surface area (Å²) in [4.78, 5) is 29.0. The Balaban J connectivity index is 1.47. The average Bonchev–Trinajstić information content (AvgIpc) is 2.73. The normalized spacial score (nSPS) is 18.7. The minimum atomic E-state index is -4.35. The van der Waals surface area contributed by atoms with E-state index in [9.17, 15) is 22.8 Å². The van der Waals surface area contributed by atoms with E-state index in [1.807, 2.05) is 4.90 Å². The molecule has 2 aliphatic heterocycles. The third-order valence-electron chi connectivity index (χ3n) is 5.53. The van der Waals surface area contributed by atoms with Gasteiger partial charge in [0.2, 0.25) is 5.91 Å². The highest BCUT2D eigenvalue weighted by molar-refractivity contribution is 5.94. The van der Waals surface area contributed by atoms with Crippen LogP contribution in [0, 0.1) is 5.92 Å². The van der Waals surface area contributed by atoms with Crippen molar-refractivity contribution in [1.82, 2.24) is 9.80 Å². The number of halogens is 3. The molecule has 0 bridgehead atoms. The third kappa shape index (κ3) is 6.19. The van der Waals surface area contributed by atoms with Gasteiger partial charge in [0.05, 0.1) is 6.61 Å². The van der Waals surface area contributed by atoms with Gasteiger partial charge in [0.1, 0.15) is 6.61 Å². The predicted molar refractivity (Wildman–Crippen MR) is 101 cm³/mol. The van der Waals surface area contributed by atoms with Gasteiger partial charge >= 0.3 is 6.18 Å². The molecule has 5 nitrogen and oxygen atoms in total. The number of hydrogen-bond acceptors (Lipinski definition) is 3. The highest BCUT2D eigenvalue weighted by Crippen LogP contribution is 2.23. The second-order valence-electron chi connectivity index (χ2n) is 7.76. The van der Waals surface area contributed by atoms with Gasteiger partial charge in [-0.25, -0.2) is 0 Å². The van der Waals surface area contributed by atoms with E-state index >= 15 is 0 Å². The van der Waals surface area contributed by atoms with Gasteiger partial charge in [-0.1, -0.05) is 12.1 Å². The number of ether oxygens (including phenoxy) is 1. The Morgan fingerprint density at radius 1 is 0.931 bits per heavy atom. The van der Waals surface area contributed by atoms with Crippen molar-refractivity contribution in [3.05, 3.63) is 35.4 Å². The zero-order valence-corrected chi connectivity index (χ0v) is 16.4. The van der Waals surface area contributed by atoms with Gasteiger partial charge < -0.3 is 14.5 Å². The van der Waals surface area contributed by atoms with Crippen LogP contribution >= 0.6 is 0 Å². The molecule has 0 radical (unpaired) electrons. The average molecular weight is 412 g/mol. The quantitative estimate of drug-likeness (QED) is 0.742. The van der Waals surface area contributed by atoms with Crippen LogP contribution in [-0.4, -0.2) is 60.6 Å². The van der Waals surface area contributed by atoms with Crippen molar-refractivity contribution < 1.29 is 27.5 Å². The summed E-state index contributed by atoms with van der Waals surface area (Å²) in [6, 6.07) is 6.44. The summed E-state index contributed by atoms with van der Waals surface area (Å²) in [5.41, 5.74) is 1.07. The van der Waals surface area contributed by atoms with E-state index in [0.717, 1.165) is 25.9 Å². The molecule has 1 aromatic rings. The number of benzene rings is 1. The number of nitrogens with zero attached hydrogens (tertiary/aromatic N) is 2. The summed E-state index contributed by atoms with van der Waals surface area (Å²) >= 11 is 0. The molecule has 0 unspecified atom stereocenters. The lowest BCUT2D eigenvalue weighted by Crippen LogP contribution is -2.45. The lowest BCUT2D eigenvalue weighted by atomic mass is 9.94. The van der Waals surface area contributed by atoms with Crippen LogP contribution in [0.5, 0.6) is 0 Å². The molecule has 0 saturated carbocycles. The van der Waals surface area contributed by atoms with Crippen molar-refractivity contribution in [3.63, 3.8) is 0 Å². The number of amides is 2. The minimum Gasteiger partial charge on any atom is -0.367 e. The maximum absolute atomic E-state index is 12.7. The number of carbonyl (C=O) groups excluding carboxylic acids is 2. The Labute approximate surface area is 168 Å². The van der Waals surface area contributed by atoms with Crippen molar-refractivity contribution in [2.24, 2.45) is 5.92 Å². The first-order chi connectivity index (χ1) is 13.8. The standard InChI is InChI=1S/C21H27F3N2O3/c22-21(23,24)15-29-14-16-4-6-17(7-5-16)19(27)26-12-8-18(9-13-26)20(28)25-10-2-1-3-11-25/h4-7,18H,1-3,8-15H2. The summed E-state index contributed by atoms with van der Waals surface area (Å²) in [5.74, 6) is 0.0990. The van der Waals surface area contributed by atoms with Crippen LogP contribution in [0.1, 0.15) is 48.0 Å². The smallest absolute Gasteiger partial charge is 0.367 e. The fraction of sp³-hybridized carbons (Fsp3) is 0.619. The Morgan fingerprint density at radius 3 is 2.14 bits per heavy atom. The van der Waals surface area contributed by atoms with Crippen molar-refractivity contribution in [1.29, 1.82) is 0 Å². The molecular weight excluding hydrogens is 385 g/mol. The van der Waals surface area contributed by atoms with Gasteiger partial charge in [-0.15, -0.1) is 0 Å². The van der Waals surface area contributed by atoms with Gasteiger partial charge in [-0.05, 0) is 49.8 Å². The molecule has 160 valence electrons. The van der Waals surface area contributed by atoms with Crippen molar-refractivity contribution in [2.45, 2.75) is 44.9 Å². The van der Waals surface area contributed by atoms with Gasteiger partial charge in [0.25, 0.3) is 5.91 Å². The van der Waals surface area contributed by atoms with Crippen LogP contribution in [0.15, 0.2) is 24.3 Å².